The van der Waals surface area contributed by atoms with Crippen LogP contribution in [0.25, 0.3) is 11.1 Å². The molecule has 0 spiro atoms. The molecule has 1 aliphatic rings. The molecule has 0 aliphatic carbocycles. The van der Waals surface area contributed by atoms with Crippen molar-refractivity contribution in [3.63, 3.8) is 0 Å². The van der Waals surface area contributed by atoms with Crippen LogP contribution >= 0.6 is 0 Å². The first-order valence-electron chi connectivity index (χ1n) is 11.6. The Morgan fingerprint density at radius 2 is 1.39 bits per heavy atom. The van der Waals surface area contributed by atoms with E-state index in [1.54, 1.807) is 0 Å². The second kappa shape index (κ2) is 10.5. The second-order valence-corrected chi connectivity index (χ2v) is 8.34. The Hall–Kier alpha value is -2.84. The minimum Gasteiger partial charge on any atom is -0.492 e. The van der Waals surface area contributed by atoms with Crippen LogP contribution in [0.3, 0.4) is 0 Å². The summed E-state index contributed by atoms with van der Waals surface area (Å²) in [7, 11) is 0. The quantitative estimate of drug-likeness (QED) is 0.382. The Labute approximate surface area is 187 Å². The number of hydrogen-bond donors (Lipinski definition) is 0. The van der Waals surface area contributed by atoms with Crippen LogP contribution in [0.4, 0.5) is 0 Å². The molecular formula is C29H33NO. The fraction of sp³-hybridized carbons (Fsp3) is 0.310. The maximum absolute atomic E-state index is 6.03. The van der Waals surface area contributed by atoms with E-state index in [4.69, 9.17) is 4.74 Å². The van der Waals surface area contributed by atoms with Crippen molar-refractivity contribution in [2.45, 2.75) is 33.1 Å². The van der Waals surface area contributed by atoms with Crippen LogP contribution in [0.5, 0.6) is 5.75 Å². The highest BCUT2D eigenvalue weighted by Crippen LogP contribution is 2.33. The summed E-state index contributed by atoms with van der Waals surface area (Å²) in [5.74, 6) is 0.945. The number of rotatable bonds is 8. The Bertz CT molecular complexity index is 981. The standard InChI is InChI=1S/C29H33NO/c1-3-24-11-13-26(14-12-24)29(23(2)25-9-5-4-6-10-25)27-15-17-28(18-16-27)31-22-21-30-19-7-8-20-30/h4-6,9-18H,3,7-8,19-22H2,1-2H3/b29-23+. The average Bonchev–Trinajstić information content (AvgIpc) is 3.35. The highest BCUT2D eigenvalue weighted by Gasteiger charge is 2.13. The minimum absolute atomic E-state index is 0.754. The molecule has 0 unspecified atom stereocenters. The average molecular weight is 412 g/mol. The van der Waals surface area contributed by atoms with Crippen molar-refractivity contribution in [2.75, 3.05) is 26.2 Å². The third-order valence-electron chi connectivity index (χ3n) is 6.25. The van der Waals surface area contributed by atoms with Crippen LogP contribution < -0.4 is 4.74 Å². The predicted octanol–water partition coefficient (Wildman–Crippen LogP) is 6.70. The van der Waals surface area contributed by atoms with Gasteiger partial charge in [-0.25, -0.2) is 0 Å². The van der Waals surface area contributed by atoms with E-state index >= 15 is 0 Å². The fourth-order valence-electron chi connectivity index (χ4n) is 4.36. The molecule has 0 saturated carbocycles. The van der Waals surface area contributed by atoms with E-state index in [0.29, 0.717) is 0 Å². The van der Waals surface area contributed by atoms with E-state index in [1.165, 1.54) is 59.3 Å². The third kappa shape index (κ3) is 5.45. The number of aryl methyl sites for hydroxylation is 1. The normalized spacial score (nSPS) is 15.0. The summed E-state index contributed by atoms with van der Waals surface area (Å²) in [5, 5.41) is 0. The van der Waals surface area contributed by atoms with E-state index in [9.17, 15) is 0 Å². The second-order valence-electron chi connectivity index (χ2n) is 8.34. The van der Waals surface area contributed by atoms with Gasteiger partial charge in [-0.3, -0.25) is 4.90 Å². The molecule has 0 bridgehead atoms. The van der Waals surface area contributed by atoms with Crippen molar-refractivity contribution in [3.8, 4) is 5.75 Å². The molecule has 0 amide bonds. The van der Waals surface area contributed by atoms with Gasteiger partial charge in [0.25, 0.3) is 0 Å². The Kier molecular flexibility index (Phi) is 7.22. The van der Waals surface area contributed by atoms with Gasteiger partial charge in [-0.15, -0.1) is 0 Å². The van der Waals surface area contributed by atoms with Gasteiger partial charge in [0.15, 0.2) is 0 Å². The third-order valence-corrected chi connectivity index (χ3v) is 6.25. The number of likely N-dealkylation sites (tertiary alicyclic amines) is 1. The Morgan fingerprint density at radius 3 is 2.00 bits per heavy atom. The monoisotopic (exact) mass is 411 g/mol. The van der Waals surface area contributed by atoms with Gasteiger partial charge in [0, 0.05) is 6.54 Å². The lowest BCUT2D eigenvalue weighted by Crippen LogP contribution is -2.25. The summed E-state index contributed by atoms with van der Waals surface area (Å²) in [5.41, 5.74) is 7.65. The Balaban J connectivity index is 1.58. The highest BCUT2D eigenvalue weighted by atomic mass is 16.5. The van der Waals surface area contributed by atoms with E-state index < -0.39 is 0 Å². The predicted molar refractivity (Wildman–Crippen MR) is 131 cm³/mol. The van der Waals surface area contributed by atoms with Crippen LogP contribution in [0.2, 0.25) is 0 Å². The van der Waals surface area contributed by atoms with Gasteiger partial charge in [0.05, 0.1) is 0 Å². The molecule has 2 heteroatoms. The topological polar surface area (TPSA) is 12.5 Å². The molecule has 160 valence electrons. The van der Waals surface area contributed by atoms with Gasteiger partial charge in [-0.2, -0.15) is 0 Å². The molecule has 1 heterocycles. The first-order chi connectivity index (χ1) is 15.2. The van der Waals surface area contributed by atoms with Crippen LogP contribution in [0.15, 0.2) is 78.9 Å². The van der Waals surface area contributed by atoms with Gasteiger partial charge < -0.3 is 4.74 Å². The summed E-state index contributed by atoms with van der Waals surface area (Å²) >= 11 is 0. The zero-order valence-corrected chi connectivity index (χ0v) is 18.8. The molecule has 0 N–H and O–H groups in total. The minimum atomic E-state index is 0.754. The first-order valence-corrected chi connectivity index (χ1v) is 11.6. The van der Waals surface area contributed by atoms with Gasteiger partial charge in [0.2, 0.25) is 0 Å². The Morgan fingerprint density at radius 1 is 0.774 bits per heavy atom. The molecule has 3 aromatic rings. The van der Waals surface area contributed by atoms with Crippen molar-refractivity contribution >= 4 is 11.1 Å². The molecule has 4 rings (SSSR count). The maximum atomic E-state index is 6.03. The summed E-state index contributed by atoms with van der Waals surface area (Å²) in [6, 6.07) is 28.2. The zero-order valence-electron chi connectivity index (χ0n) is 18.8. The van der Waals surface area contributed by atoms with E-state index in [1.807, 2.05) is 0 Å². The molecule has 1 aliphatic heterocycles. The summed E-state index contributed by atoms with van der Waals surface area (Å²) in [4.78, 5) is 2.48. The van der Waals surface area contributed by atoms with E-state index in [2.05, 4.69) is 97.6 Å². The van der Waals surface area contributed by atoms with Crippen LogP contribution in [0.1, 0.15) is 48.9 Å². The lowest BCUT2D eigenvalue weighted by atomic mass is 9.90. The summed E-state index contributed by atoms with van der Waals surface area (Å²) in [6.45, 7) is 8.62. The van der Waals surface area contributed by atoms with Crippen LogP contribution in [0, 0.1) is 0 Å². The lowest BCUT2D eigenvalue weighted by molar-refractivity contribution is 0.238. The molecule has 3 aromatic carbocycles. The highest BCUT2D eigenvalue weighted by molar-refractivity contribution is 5.97. The molecule has 0 atom stereocenters. The van der Waals surface area contributed by atoms with E-state index in [0.717, 1.165) is 25.3 Å². The summed E-state index contributed by atoms with van der Waals surface area (Å²) in [6.07, 6.45) is 3.70. The molecule has 0 aromatic heterocycles. The molecule has 31 heavy (non-hydrogen) atoms. The number of nitrogens with zero attached hydrogens (tertiary/aromatic N) is 1. The smallest absolute Gasteiger partial charge is 0.119 e. The number of allylic oxidation sites excluding steroid dienone is 1. The fourth-order valence-corrected chi connectivity index (χ4v) is 4.36. The van der Waals surface area contributed by atoms with Gasteiger partial charge in [0.1, 0.15) is 12.4 Å². The molecular weight excluding hydrogens is 378 g/mol. The molecule has 1 fully saturated rings. The van der Waals surface area contributed by atoms with Gasteiger partial charge >= 0.3 is 0 Å². The molecule has 1 saturated heterocycles. The van der Waals surface area contributed by atoms with Crippen molar-refractivity contribution in [1.82, 2.24) is 4.90 Å². The largest absolute Gasteiger partial charge is 0.492 e. The zero-order chi connectivity index (χ0) is 21.5. The molecule has 0 radical (unpaired) electrons. The van der Waals surface area contributed by atoms with Crippen molar-refractivity contribution in [1.29, 1.82) is 0 Å². The summed E-state index contributed by atoms with van der Waals surface area (Å²) < 4.78 is 6.03. The van der Waals surface area contributed by atoms with Crippen molar-refractivity contribution < 1.29 is 4.74 Å². The SMILES string of the molecule is CCc1ccc(/C(=C(/C)c2ccccc2)c2ccc(OCCN3CCCC3)cc2)cc1. The number of hydrogen-bond acceptors (Lipinski definition) is 2. The van der Waals surface area contributed by atoms with Gasteiger partial charge in [-0.05, 0) is 84.8 Å². The van der Waals surface area contributed by atoms with Gasteiger partial charge in [-0.1, -0.05) is 73.7 Å². The first kappa shape index (κ1) is 21.4. The van der Waals surface area contributed by atoms with Crippen LogP contribution in [-0.4, -0.2) is 31.1 Å². The number of ether oxygens (including phenoxy) is 1. The maximum Gasteiger partial charge on any atom is 0.119 e. The van der Waals surface area contributed by atoms with Crippen molar-refractivity contribution in [3.05, 3.63) is 101 Å². The number of benzene rings is 3. The van der Waals surface area contributed by atoms with Crippen LogP contribution in [-0.2, 0) is 6.42 Å². The lowest BCUT2D eigenvalue weighted by Gasteiger charge is -2.17. The van der Waals surface area contributed by atoms with E-state index in [-0.39, 0.29) is 0 Å². The molecule has 2 nitrogen and oxygen atoms in total. The van der Waals surface area contributed by atoms with Crippen molar-refractivity contribution in [2.24, 2.45) is 0 Å².